The molecule has 0 spiro atoms. The molecule has 8 heteroatoms. The van der Waals surface area contributed by atoms with Crippen molar-refractivity contribution in [1.82, 2.24) is 0 Å². The van der Waals surface area contributed by atoms with Gasteiger partial charge in [-0.05, 0) is 36.4 Å². The summed E-state index contributed by atoms with van der Waals surface area (Å²) in [6, 6.07) is 9.87. The summed E-state index contributed by atoms with van der Waals surface area (Å²) >= 11 is 0. The van der Waals surface area contributed by atoms with Gasteiger partial charge in [0.25, 0.3) is 11.8 Å². The molecule has 0 aromatic heterocycles. The minimum atomic E-state index is -0.175. The number of nitrogens with one attached hydrogen (secondary N) is 1. The second-order valence-electron chi connectivity index (χ2n) is 5.80. The van der Waals surface area contributed by atoms with Crippen molar-refractivity contribution in [2.24, 2.45) is 0 Å². The Balaban J connectivity index is 0.000000156. The van der Waals surface area contributed by atoms with Crippen molar-refractivity contribution in [1.29, 1.82) is 0 Å². The number of nitrogens with zero attached hydrogens (tertiary/aromatic N) is 1. The second-order valence-corrected chi connectivity index (χ2v) is 5.80. The fourth-order valence-corrected chi connectivity index (χ4v) is 2.53. The lowest BCUT2D eigenvalue weighted by atomic mass is 10.2. The van der Waals surface area contributed by atoms with Crippen LogP contribution in [0.15, 0.2) is 36.4 Å². The molecule has 0 fully saturated rings. The van der Waals surface area contributed by atoms with E-state index in [-0.39, 0.29) is 25.0 Å². The van der Waals surface area contributed by atoms with Crippen molar-refractivity contribution in [2.45, 2.75) is 0 Å². The van der Waals surface area contributed by atoms with Gasteiger partial charge in [0.1, 0.15) is 24.1 Å². The Kier molecular flexibility index (Phi) is 5.16. The Labute approximate surface area is 154 Å². The van der Waals surface area contributed by atoms with E-state index in [4.69, 9.17) is 9.47 Å². The Bertz CT molecular complexity index is 924. The number of carbonyl (C=O) groups excluding carboxylic acids is 4. The summed E-state index contributed by atoms with van der Waals surface area (Å²) in [5, 5.41) is 2.63. The predicted molar refractivity (Wildman–Crippen MR) is 96.7 cm³/mol. The van der Waals surface area contributed by atoms with E-state index in [0.717, 1.165) is 12.6 Å². The number of aldehydes is 2. The average molecular weight is 368 g/mol. The summed E-state index contributed by atoms with van der Waals surface area (Å²) in [5.41, 5.74) is 2.40. The van der Waals surface area contributed by atoms with Crippen molar-refractivity contribution in [3.05, 3.63) is 47.5 Å². The van der Waals surface area contributed by atoms with Crippen LogP contribution in [0, 0.1) is 0 Å². The van der Waals surface area contributed by atoms with Crippen LogP contribution in [0.5, 0.6) is 11.5 Å². The molecule has 8 nitrogen and oxygen atoms in total. The van der Waals surface area contributed by atoms with E-state index < -0.39 is 0 Å². The Hall–Kier alpha value is -3.68. The highest BCUT2D eigenvalue weighted by Gasteiger charge is 2.21. The molecule has 0 saturated carbocycles. The van der Waals surface area contributed by atoms with Gasteiger partial charge in [-0.25, -0.2) is 0 Å². The number of fused-ring (bicyclic) bond motifs is 2. The molecule has 4 rings (SSSR count). The quantitative estimate of drug-likeness (QED) is 0.810. The van der Waals surface area contributed by atoms with Crippen LogP contribution in [0.3, 0.4) is 0 Å². The fraction of sp³-hybridized carbons (Fsp3) is 0.158. The van der Waals surface area contributed by atoms with E-state index >= 15 is 0 Å². The number of amides is 2. The molecular weight excluding hydrogens is 352 g/mol. The van der Waals surface area contributed by atoms with Crippen molar-refractivity contribution in [3.63, 3.8) is 0 Å². The largest absolute Gasteiger partial charge is 0.482 e. The average Bonchev–Trinajstić information content (AvgIpc) is 2.70. The van der Waals surface area contributed by atoms with Gasteiger partial charge in [0.2, 0.25) is 0 Å². The normalized spacial score (nSPS) is 14.3. The molecule has 27 heavy (non-hydrogen) atoms. The molecule has 0 atom stereocenters. The first-order valence-electron chi connectivity index (χ1n) is 8.02. The summed E-state index contributed by atoms with van der Waals surface area (Å²) in [6.45, 7) is 0.0428. The first kappa shape index (κ1) is 18.1. The lowest BCUT2D eigenvalue weighted by Crippen LogP contribution is -2.35. The molecule has 138 valence electrons. The van der Waals surface area contributed by atoms with Gasteiger partial charge in [-0.15, -0.1) is 0 Å². The lowest BCUT2D eigenvalue weighted by Gasteiger charge is -2.25. The van der Waals surface area contributed by atoms with Crippen LogP contribution in [0.2, 0.25) is 0 Å². The Morgan fingerprint density at radius 1 is 0.926 bits per heavy atom. The minimum Gasteiger partial charge on any atom is -0.482 e. The number of ether oxygens (including phenoxy) is 2. The molecule has 2 aliphatic rings. The second kappa shape index (κ2) is 7.69. The van der Waals surface area contributed by atoms with Gasteiger partial charge in [-0.2, -0.15) is 0 Å². The van der Waals surface area contributed by atoms with Crippen molar-refractivity contribution in [2.75, 3.05) is 30.5 Å². The van der Waals surface area contributed by atoms with E-state index in [2.05, 4.69) is 5.32 Å². The van der Waals surface area contributed by atoms with Crippen molar-refractivity contribution < 1.29 is 28.7 Å². The summed E-state index contributed by atoms with van der Waals surface area (Å²) in [6.07, 6.45) is 1.49. The summed E-state index contributed by atoms with van der Waals surface area (Å²) < 4.78 is 10.3. The number of benzene rings is 2. The van der Waals surface area contributed by atoms with Crippen LogP contribution >= 0.6 is 0 Å². The number of hydrogen-bond donors (Lipinski definition) is 1. The number of hydrogen-bond acceptors (Lipinski definition) is 6. The summed E-state index contributed by atoms with van der Waals surface area (Å²) in [5.74, 6) is 0.864. The summed E-state index contributed by atoms with van der Waals surface area (Å²) in [7, 11) is 1.68. The molecule has 2 aromatic rings. The zero-order chi connectivity index (χ0) is 19.4. The van der Waals surface area contributed by atoms with Gasteiger partial charge >= 0.3 is 0 Å². The number of rotatable bonds is 2. The molecule has 0 saturated heterocycles. The molecular formula is C19H16N2O6. The van der Waals surface area contributed by atoms with Crippen molar-refractivity contribution in [3.8, 4) is 11.5 Å². The highest BCUT2D eigenvalue weighted by atomic mass is 16.5. The number of carbonyl (C=O) groups is 4. The highest BCUT2D eigenvalue weighted by molar-refractivity contribution is 5.98. The van der Waals surface area contributed by atoms with Gasteiger partial charge in [0.05, 0.1) is 11.4 Å². The van der Waals surface area contributed by atoms with E-state index in [1.807, 2.05) is 0 Å². The Morgan fingerprint density at radius 2 is 1.56 bits per heavy atom. The van der Waals surface area contributed by atoms with Crippen LogP contribution in [0.25, 0.3) is 0 Å². The van der Waals surface area contributed by atoms with Gasteiger partial charge in [-0.1, -0.05) is 0 Å². The van der Waals surface area contributed by atoms with Crippen LogP contribution in [-0.4, -0.2) is 44.6 Å². The van der Waals surface area contributed by atoms with Crippen LogP contribution < -0.4 is 19.7 Å². The maximum atomic E-state index is 11.2. The van der Waals surface area contributed by atoms with Crippen molar-refractivity contribution >= 4 is 35.8 Å². The topological polar surface area (TPSA) is 102 Å². The van der Waals surface area contributed by atoms with Gasteiger partial charge in [0.15, 0.2) is 13.2 Å². The van der Waals surface area contributed by atoms with Crippen LogP contribution in [0.1, 0.15) is 20.7 Å². The molecule has 1 N–H and O–H groups in total. The maximum absolute atomic E-state index is 11.2. The first-order valence-corrected chi connectivity index (χ1v) is 8.02. The van der Waals surface area contributed by atoms with E-state index in [1.165, 1.54) is 4.90 Å². The zero-order valence-corrected chi connectivity index (χ0v) is 14.4. The molecule has 0 unspecified atom stereocenters. The highest BCUT2D eigenvalue weighted by Crippen LogP contribution is 2.31. The van der Waals surface area contributed by atoms with Gasteiger partial charge < -0.3 is 19.7 Å². The first-order chi connectivity index (χ1) is 13.0. The molecule has 2 aliphatic heterocycles. The van der Waals surface area contributed by atoms with E-state index in [1.54, 1.807) is 43.4 Å². The number of anilines is 2. The lowest BCUT2D eigenvalue weighted by molar-refractivity contribution is -0.121. The SMILES string of the molecule is CN1C(=O)COc2cc(C=O)ccc21.O=Cc1ccc2c(c1)OCC(=O)N2. The fourth-order valence-electron chi connectivity index (χ4n) is 2.53. The zero-order valence-electron chi connectivity index (χ0n) is 14.4. The third-order valence-corrected chi connectivity index (χ3v) is 3.98. The van der Waals surface area contributed by atoms with Crippen LogP contribution in [-0.2, 0) is 9.59 Å². The minimum absolute atomic E-state index is 0.00924. The molecule has 2 heterocycles. The Morgan fingerprint density at radius 3 is 2.26 bits per heavy atom. The maximum Gasteiger partial charge on any atom is 0.264 e. The van der Waals surface area contributed by atoms with Crippen LogP contribution in [0.4, 0.5) is 11.4 Å². The third-order valence-electron chi connectivity index (χ3n) is 3.98. The monoisotopic (exact) mass is 368 g/mol. The van der Waals surface area contributed by atoms with E-state index in [9.17, 15) is 19.2 Å². The van der Waals surface area contributed by atoms with E-state index in [0.29, 0.717) is 34.0 Å². The molecule has 0 radical (unpaired) electrons. The molecule has 0 bridgehead atoms. The van der Waals surface area contributed by atoms with Gasteiger partial charge in [-0.3, -0.25) is 19.2 Å². The molecule has 2 aromatic carbocycles. The smallest absolute Gasteiger partial charge is 0.264 e. The number of likely N-dealkylation sites (N-methyl/N-ethyl adjacent to an activating group) is 1. The predicted octanol–water partition coefficient (Wildman–Crippen LogP) is 1.68. The standard InChI is InChI=1S/C10H9NO3.C9H7NO3/c1-11-8-3-2-7(5-12)4-9(8)14-6-10(11)13;11-4-6-1-2-7-8(3-6)13-5-9(12)10-7/h2-5H,6H2,1H3;1-4H,5H2,(H,10,12). The third kappa shape index (κ3) is 3.95. The molecule has 2 amide bonds. The van der Waals surface area contributed by atoms with Gasteiger partial charge in [0, 0.05) is 18.2 Å². The summed E-state index contributed by atoms with van der Waals surface area (Å²) in [4.78, 5) is 44.6. The molecule has 0 aliphatic carbocycles.